The first kappa shape index (κ1) is 9.58. The molecule has 78 valence electrons. The Kier molecular flexibility index (Phi) is 2.33. The van der Waals surface area contributed by atoms with Crippen LogP contribution < -0.4 is 4.74 Å². The Morgan fingerprint density at radius 1 is 1.47 bits per heavy atom. The lowest BCUT2D eigenvalue weighted by molar-refractivity contribution is -0.137. The van der Waals surface area contributed by atoms with Crippen LogP contribution in [0.4, 0.5) is 0 Å². The van der Waals surface area contributed by atoms with E-state index >= 15 is 0 Å². The highest BCUT2D eigenvalue weighted by atomic mass is 16.5. The first-order valence-corrected chi connectivity index (χ1v) is 4.56. The SMILES string of the molecule is COc1cccc2ccn(CC(=O)O)c12. The molecule has 2 aromatic rings. The fraction of sp³-hybridized carbons (Fsp3) is 0.182. The van der Waals surface area contributed by atoms with Crippen molar-refractivity contribution in [3.63, 3.8) is 0 Å². The number of ether oxygens (including phenoxy) is 1. The number of aliphatic carboxylic acids is 1. The van der Waals surface area contributed by atoms with Crippen molar-refractivity contribution >= 4 is 16.9 Å². The lowest BCUT2D eigenvalue weighted by atomic mass is 10.2. The molecular formula is C11H11NO3. The average molecular weight is 205 g/mol. The van der Waals surface area contributed by atoms with Gasteiger partial charge in [-0.25, -0.2) is 0 Å². The van der Waals surface area contributed by atoms with Gasteiger partial charge in [-0.1, -0.05) is 12.1 Å². The minimum Gasteiger partial charge on any atom is -0.495 e. The van der Waals surface area contributed by atoms with Gasteiger partial charge in [0.25, 0.3) is 0 Å². The minimum absolute atomic E-state index is 0.0517. The first-order chi connectivity index (χ1) is 7.22. The molecule has 1 aromatic carbocycles. The molecule has 0 aliphatic carbocycles. The van der Waals surface area contributed by atoms with E-state index in [2.05, 4.69) is 0 Å². The van der Waals surface area contributed by atoms with Crippen molar-refractivity contribution in [3.05, 3.63) is 30.5 Å². The van der Waals surface area contributed by atoms with E-state index < -0.39 is 5.97 Å². The van der Waals surface area contributed by atoms with Crippen molar-refractivity contribution in [2.45, 2.75) is 6.54 Å². The fourth-order valence-corrected chi connectivity index (χ4v) is 1.67. The molecule has 0 radical (unpaired) electrons. The summed E-state index contributed by atoms with van der Waals surface area (Å²) >= 11 is 0. The predicted molar refractivity (Wildman–Crippen MR) is 56.1 cm³/mol. The number of hydrogen-bond donors (Lipinski definition) is 1. The second-order valence-corrected chi connectivity index (χ2v) is 3.24. The highest BCUT2D eigenvalue weighted by Crippen LogP contribution is 2.26. The summed E-state index contributed by atoms with van der Waals surface area (Å²) < 4.78 is 6.86. The predicted octanol–water partition coefficient (Wildman–Crippen LogP) is 1.73. The van der Waals surface area contributed by atoms with Gasteiger partial charge in [-0.15, -0.1) is 0 Å². The molecule has 0 aliphatic rings. The Balaban J connectivity index is 2.60. The van der Waals surface area contributed by atoms with Crippen LogP contribution in [0.25, 0.3) is 10.9 Å². The van der Waals surface area contributed by atoms with Crippen LogP contribution in [-0.2, 0) is 11.3 Å². The summed E-state index contributed by atoms with van der Waals surface area (Å²) in [5.74, 6) is -0.169. The van der Waals surface area contributed by atoms with Crippen molar-refractivity contribution in [1.82, 2.24) is 4.57 Å². The van der Waals surface area contributed by atoms with E-state index in [1.165, 1.54) is 0 Å². The molecule has 0 saturated heterocycles. The molecule has 0 spiro atoms. The number of nitrogens with zero attached hydrogens (tertiary/aromatic N) is 1. The minimum atomic E-state index is -0.863. The molecule has 4 nitrogen and oxygen atoms in total. The number of aromatic nitrogens is 1. The molecule has 1 heterocycles. The Morgan fingerprint density at radius 3 is 2.93 bits per heavy atom. The zero-order chi connectivity index (χ0) is 10.8. The quantitative estimate of drug-likeness (QED) is 0.830. The number of benzene rings is 1. The van der Waals surface area contributed by atoms with Gasteiger partial charge in [0.2, 0.25) is 0 Å². The average Bonchev–Trinajstić information content (AvgIpc) is 2.61. The fourth-order valence-electron chi connectivity index (χ4n) is 1.67. The van der Waals surface area contributed by atoms with Crippen LogP contribution in [0, 0.1) is 0 Å². The molecule has 0 saturated carbocycles. The van der Waals surface area contributed by atoms with Crippen LogP contribution in [0.3, 0.4) is 0 Å². The summed E-state index contributed by atoms with van der Waals surface area (Å²) in [5, 5.41) is 9.73. The van der Waals surface area contributed by atoms with Gasteiger partial charge < -0.3 is 14.4 Å². The van der Waals surface area contributed by atoms with Crippen molar-refractivity contribution in [3.8, 4) is 5.75 Å². The maximum Gasteiger partial charge on any atom is 0.323 e. The molecule has 15 heavy (non-hydrogen) atoms. The molecule has 0 fully saturated rings. The molecule has 0 bridgehead atoms. The summed E-state index contributed by atoms with van der Waals surface area (Å²) in [6, 6.07) is 7.50. The highest BCUT2D eigenvalue weighted by molar-refractivity contribution is 5.87. The number of fused-ring (bicyclic) bond motifs is 1. The molecule has 0 unspecified atom stereocenters. The Hall–Kier alpha value is -1.97. The number of carboxylic acid groups (broad SMARTS) is 1. The summed E-state index contributed by atoms with van der Waals surface area (Å²) in [4.78, 5) is 10.6. The van der Waals surface area contributed by atoms with Crippen LogP contribution in [-0.4, -0.2) is 22.8 Å². The van der Waals surface area contributed by atoms with E-state index in [-0.39, 0.29) is 6.54 Å². The second-order valence-electron chi connectivity index (χ2n) is 3.24. The maximum atomic E-state index is 10.6. The van der Waals surface area contributed by atoms with E-state index in [0.29, 0.717) is 5.75 Å². The largest absolute Gasteiger partial charge is 0.495 e. The molecular weight excluding hydrogens is 194 g/mol. The Morgan fingerprint density at radius 2 is 2.27 bits per heavy atom. The third-order valence-electron chi connectivity index (χ3n) is 2.28. The van der Waals surface area contributed by atoms with Crippen molar-refractivity contribution in [2.75, 3.05) is 7.11 Å². The number of hydrogen-bond acceptors (Lipinski definition) is 2. The van der Waals surface area contributed by atoms with Crippen LogP contribution in [0.5, 0.6) is 5.75 Å². The van der Waals surface area contributed by atoms with Crippen LogP contribution in [0.1, 0.15) is 0 Å². The monoisotopic (exact) mass is 205 g/mol. The van der Waals surface area contributed by atoms with Gasteiger partial charge in [0.15, 0.2) is 0 Å². The van der Waals surface area contributed by atoms with E-state index in [1.807, 2.05) is 24.3 Å². The van der Waals surface area contributed by atoms with Gasteiger partial charge in [-0.3, -0.25) is 4.79 Å². The zero-order valence-electron chi connectivity index (χ0n) is 8.30. The normalized spacial score (nSPS) is 10.5. The summed E-state index contributed by atoms with van der Waals surface area (Å²) in [6.07, 6.45) is 1.75. The van der Waals surface area contributed by atoms with Crippen molar-refractivity contribution < 1.29 is 14.6 Å². The Labute approximate surface area is 86.7 Å². The lowest BCUT2D eigenvalue weighted by Crippen LogP contribution is -2.07. The molecule has 0 atom stereocenters. The lowest BCUT2D eigenvalue weighted by Gasteiger charge is -2.06. The summed E-state index contributed by atoms with van der Waals surface area (Å²) in [5.41, 5.74) is 0.822. The zero-order valence-corrected chi connectivity index (χ0v) is 8.30. The number of para-hydroxylation sites is 1. The molecule has 2 rings (SSSR count). The van der Waals surface area contributed by atoms with Crippen molar-refractivity contribution in [1.29, 1.82) is 0 Å². The molecule has 1 aromatic heterocycles. The molecule has 1 N–H and O–H groups in total. The molecule has 4 heteroatoms. The van der Waals surface area contributed by atoms with Gasteiger partial charge in [0, 0.05) is 11.6 Å². The van der Waals surface area contributed by atoms with Gasteiger partial charge in [0.1, 0.15) is 12.3 Å². The van der Waals surface area contributed by atoms with E-state index in [1.54, 1.807) is 17.9 Å². The van der Waals surface area contributed by atoms with Gasteiger partial charge >= 0.3 is 5.97 Å². The molecule has 0 aliphatic heterocycles. The Bertz CT molecular complexity index is 502. The smallest absolute Gasteiger partial charge is 0.323 e. The van der Waals surface area contributed by atoms with E-state index in [4.69, 9.17) is 9.84 Å². The third-order valence-corrected chi connectivity index (χ3v) is 2.28. The number of methoxy groups -OCH3 is 1. The van der Waals surface area contributed by atoms with Crippen LogP contribution in [0.15, 0.2) is 30.5 Å². The van der Waals surface area contributed by atoms with Crippen LogP contribution in [0.2, 0.25) is 0 Å². The number of carboxylic acids is 1. The van der Waals surface area contributed by atoms with Gasteiger partial charge in [0.05, 0.1) is 12.6 Å². The third kappa shape index (κ3) is 1.66. The van der Waals surface area contributed by atoms with Crippen molar-refractivity contribution in [2.24, 2.45) is 0 Å². The summed E-state index contributed by atoms with van der Waals surface area (Å²) in [7, 11) is 1.58. The maximum absolute atomic E-state index is 10.6. The highest BCUT2D eigenvalue weighted by Gasteiger charge is 2.08. The topological polar surface area (TPSA) is 51.5 Å². The van der Waals surface area contributed by atoms with Gasteiger partial charge in [-0.2, -0.15) is 0 Å². The summed E-state index contributed by atoms with van der Waals surface area (Å²) in [6.45, 7) is -0.0517. The number of carbonyl (C=O) groups is 1. The van der Waals surface area contributed by atoms with Crippen LogP contribution >= 0.6 is 0 Å². The van der Waals surface area contributed by atoms with Gasteiger partial charge in [-0.05, 0) is 12.1 Å². The molecule has 0 amide bonds. The number of rotatable bonds is 3. The standard InChI is InChI=1S/C11H11NO3/c1-15-9-4-2-3-8-5-6-12(11(8)9)7-10(13)14/h2-6H,7H2,1H3,(H,13,14). The second kappa shape index (κ2) is 3.65. The van der Waals surface area contributed by atoms with E-state index in [9.17, 15) is 4.79 Å². The first-order valence-electron chi connectivity index (χ1n) is 4.56. The van der Waals surface area contributed by atoms with E-state index in [0.717, 1.165) is 10.9 Å².